The van der Waals surface area contributed by atoms with Crippen LogP contribution >= 0.6 is 0 Å². The quantitative estimate of drug-likeness (QED) is 0.628. The average molecular weight is 319 g/mol. The highest BCUT2D eigenvalue weighted by molar-refractivity contribution is 5.99. The molecule has 1 fully saturated rings. The van der Waals surface area contributed by atoms with E-state index in [2.05, 4.69) is 0 Å². The Morgan fingerprint density at radius 3 is 2.65 bits per heavy atom. The molecule has 124 valence electrons. The van der Waals surface area contributed by atoms with Crippen LogP contribution in [0, 0.1) is 5.92 Å². The predicted molar refractivity (Wildman–Crippen MR) is 82.6 cm³/mol. The minimum Gasteiger partial charge on any atom is -0.465 e. The van der Waals surface area contributed by atoms with Crippen LogP contribution in [-0.2, 0) is 25.7 Å². The molecule has 1 atom stereocenters. The maximum Gasteiger partial charge on any atom is 0.410 e. The molecule has 6 heteroatoms. The first-order chi connectivity index (χ1) is 11.1. The number of ether oxygens (including phenoxy) is 2. The SMILES string of the molecule is CCOC(=O)C1CN(C(=O)OCc2ccccc2)CCCC1=O. The van der Waals surface area contributed by atoms with Crippen molar-refractivity contribution in [1.29, 1.82) is 0 Å². The first-order valence-electron chi connectivity index (χ1n) is 7.76. The molecular weight excluding hydrogens is 298 g/mol. The Bertz CT molecular complexity index is 557. The van der Waals surface area contributed by atoms with Gasteiger partial charge in [0.25, 0.3) is 0 Å². The fourth-order valence-corrected chi connectivity index (χ4v) is 2.46. The summed E-state index contributed by atoms with van der Waals surface area (Å²) in [6, 6.07) is 9.34. The van der Waals surface area contributed by atoms with Crippen molar-refractivity contribution in [1.82, 2.24) is 4.90 Å². The van der Waals surface area contributed by atoms with Crippen molar-refractivity contribution in [3.8, 4) is 0 Å². The fraction of sp³-hybridized carbons (Fsp3) is 0.471. The molecular formula is C17H21NO5. The van der Waals surface area contributed by atoms with E-state index in [1.54, 1.807) is 6.92 Å². The maximum atomic E-state index is 12.2. The monoisotopic (exact) mass is 319 g/mol. The van der Waals surface area contributed by atoms with Crippen LogP contribution in [0.5, 0.6) is 0 Å². The van der Waals surface area contributed by atoms with Gasteiger partial charge in [-0.1, -0.05) is 30.3 Å². The first kappa shape index (κ1) is 17.0. The second kappa shape index (κ2) is 8.31. The van der Waals surface area contributed by atoms with Crippen molar-refractivity contribution in [3.63, 3.8) is 0 Å². The second-order valence-electron chi connectivity index (χ2n) is 5.36. The molecule has 0 radical (unpaired) electrons. The van der Waals surface area contributed by atoms with E-state index in [9.17, 15) is 14.4 Å². The van der Waals surface area contributed by atoms with E-state index in [1.807, 2.05) is 30.3 Å². The van der Waals surface area contributed by atoms with Crippen molar-refractivity contribution < 1.29 is 23.9 Å². The molecule has 0 spiro atoms. The van der Waals surface area contributed by atoms with Gasteiger partial charge in [0.15, 0.2) is 0 Å². The molecule has 1 heterocycles. The van der Waals surface area contributed by atoms with Gasteiger partial charge in [0.2, 0.25) is 0 Å². The van der Waals surface area contributed by atoms with Crippen molar-refractivity contribution in [2.45, 2.75) is 26.4 Å². The molecule has 1 unspecified atom stereocenters. The largest absolute Gasteiger partial charge is 0.465 e. The summed E-state index contributed by atoms with van der Waals surface area (Å²) >= 11 is 0. The Kier molecular flexibility index (Phi) is 6.14. The van der Waals surface area contributed by atoms with Gasteiger partial charge in [0.05, 0.1) is 6.61 Å². The molecule has 0 aliphatic carbocycles. The number of likely N-dealkylation sites (tertiary alicyclic amines) is 1. The number of hydrogen-bond donors (Lipinski definition) is 0. The summed E-state index contributed by atoms with van der Waals surface area (Å²) < 4.78 is 10.2. The third kappa shape index (κ3) is 4.81. The number of carbonyl (C=O) groups excluding carboxylic acids is 3. The Morgan fingerprint density at radius 1 is 1.22 bits per heavy atom. The lowest BCUT2D eigenvalue weighted by molar-refractivity contribution is -0.151. The molecule has 1 aromatic rings. The molecule has 1 aliphatic heterocycles. The van der Waals surface area contributed by atoms with Gasteiger partial charge in [-0.25, -0.2) is 4.79 Å². The van der Waals surface area contributed by atoms with Gasteiger partial charge in [0, 0.05) is 19.5 Å². The zero-order valence-electron chi connectivity index (χ0n) is 13.2. The number of carbonyl (C=O) groups is 3. The summed E-state index contributed by atoms with van der Waals surface area (Å²) in [7, 11) is 0. The van der Waals surface area contributed by atoms with Gasteiger partial charge in [0.1, 0.15) is 18.3 Å². The molecule has 0 aromatic heterocycles. The van der Waals surface area contributed by atoms with Crippen molar-refractivity contribution >= 4 is 17.8 Å². The molecule has 1 saturated heterocycles. The fourth-order valence-electron chi connectivity index (χ4n) is 2.46. The van der Waals surface area contributed by atoms with Crippen molar-refractivity contribution in [2.75, 3.05) is 19.7 Å². The highest BCUT2D eigenvalue weighted by atomic mass is 16.6. The lowest BCUT2D eigenvalue weighted by Crippen LogP contribution is -2.39. The number of benzene rings is 1. The van der Waals surface area contributed by atoms with Gasteiger partial charge in [-0.15, -0.1) is 0 Å². The van der Waals surface area contributed by atoms with E-state index < -0.39 is 18.0 Å². The Morgan fingerprint density at radius 2 is 1.96 bits per heavy atom. The van der Waals surface area contributed by atoms with E-state index >= 15 is 0 Å². The van der Waals surface area contributed by atoms with Crippen LogP contribution in [0.25, 0.3) is 0 Å². The van der Waals surface area contributed by atoms with E-state index in [-0.39, 0.29) is 32.0 Å². The Hall–Kier alpha value is -2.37. The summed E-state index contributed by atoms with van der Waals surface area (Å²) in [6.45, 7) is 2.47. The molecule has 23 heavy (non-hydrogen) atoms. The topological polar surface area (TPSA) is 72.9 Å². The molecule has 0 saturated carbocycles. The van der Waals surface area contributed by atoms with Crippen LogP contribution in [0.15, 0.2) is 30.3 Å². The number of ketones is 1. The highest BCUT2D eigenvalue weighted by Gasteiger charge is 2.34. The van der Waals surface area contributed by atoms with Crippen LogP contribution in [0.1, 0.15) is 25.3 Å². The van der Waals surface area contributed by atoms with Gasteiger partial charge in [-0.2, -0.15) is 0 Å². The minimum atomic E-state index is -0.915. The molecule has 0 bridgehead atoms. The number of esters is 1. The van der Waals surface area contributed by atoms with Crippen molar-refractivity contribution in [3.05, 3.63) is 35.9 Å². The predicted octanol–water partition coefficient (Wildman–Crippen LogP) is 2.17. The first-order valence-corrected chi connectivity index (χ1v) is 7.76. The molecule has 0 N–H and O–H groups in total. The standard InChI is InChI=1S/C17H21NO5/c1-2-22-16(20)14-11-18(10-6-9-15(14)19)17(21)23-12-13-7-4-3-5-8-13/h3-5,7-8,14H,2,6,9-12H2,1H3. The third-order valence-corrected chi connectivity index (χ3v) is 3.68. The zero-order chi connectivity index (χ0) is 16.7. The molecule has 1 aromatic carbocycles. The van der Waals surface area contributed by atoms with Crippen LogP contribution in [-0.4, -0.2) is 42.4 Å². The molecule has 1 amide bonds. The number of hydrogen-bond acceptors (Lipinski definition) is 5. The van der Waals surface area contributed by atoms with Crippen molar-refractivity contribution in [2.24, 2.45) is 5.92 Å². The van der Waals surface area contributed by atoms with E-state index in [0.29, 0.717) is 13.0 Å². The number of nitrogens with zero attached hydrogens (tertiary/aromatic N) is 1. The lowest BCUT2D eigenvalue weighted by atomic mass is 10.0. The van der Waals surface area contributed by atoms with E-state index in [4.69, 9.17) is 9.47 Å². The van der Waals surface area contributed by atoms with Crippen LogP contribution in [0.4, 0.5) is 4.79 Å². The second-order valence-corrected chi connectivity index (χ2v) is 5.36. The third-order valence-electron chi connectivity index (χ3n) is 3.68. The zero-order valence-corrected chi connectivity index (χ0v) is 13.2. The number of rotatable bonds is 4. The molecule has 1 aliphatic rings. The lowest BCUT2D eigenvalue weighted by Gasteiger charge is -2.22. The van der Waals surface area contributed by atoms with E-state index in [1.165, 1.54) is 4.90 Å². The van der Waals surface area contributed by atoms with Gasteiger partial charge in [-0.05, 0) is 18.9 Å². The van der Waals surface area contributed by atoms with Gasteiger partial charge in [-0.3, -0.25) is 9.59 Å². The van der Waals surface area contributed by atoms with E-state index in [0.717, 1.165) is 5.56 Å². The van der Waals surface area contributed by atoms with Crippen LogP contribution in [0.2, 0.25) is 0 Å². The number of Topliss-reactive ketones (excluding diaryl/α,β-unsaturated/α-hetero) is 1. The summed E-state index contributed by atoms with van der Waals surface area (Å²) in [5, 5.41) is 0. The Labute approximate surface area is 135 Å². The minimum absolute atomic E-state index is 0.0191. The molecule has 6 nitrogen and oxygen atoms in total. The average Bonchev–Trinajstić information content (AvgIpc) is 2.76. The maximum absolute atomic E-state index is 12.2. The smallest absolute Gasteiger partial charge is 0.410 e. The highest BCUT2D eigenvalue weighted by Crippen LogP contribution is 2.16. The molecule has 2 rings (SSSR count). The summed E-state index contributed by atoms with van der Waals surface area (Å²) in [6.07, 6.45) is 0.277. The van der Waals surface area contributed by atoms with Crippen LogP contribution < -0.4 is 0 Å². The Balaban J connectivity index is 1.95. The van der Waals surface area contributed by atoms with Gasteiger partial charge < -0.3 is 14.4 Å². The van der Waals surface area contributed by atoms with Crippen LogP contribution in [0.3, 0.4) is 0 Å². The summed E-state index contributed by atoms with van der Waals surface area (Å²) in [5.41, 5.74) is 0.883. The number of amides is 1. The van der Waals surface area contributed by atoms with Gasteiger partial charge >= 0.3 is 12.1 Å². The normalized spacial score (nSPS) is 18.2. The summed E-state index contributed by atoms with van der Waals surface area (Å²) in [5.74, 6) is -1.66. The summed E-state index contributed by atoms with van der Waals surface area (Å²) in [4.78, 5) is 37.5.